The Balaban J connectivity index is 1.70. The van der Waals surface area contributed by atoms with Crippen molar-refractivity contribution in [2.75, 3.05) is 24.3 Å². The van der Waals surface area contributed by atoms with Gasteiger partial charge in [-0.3, -0.25) is 0 Å². The van der Waals surface area contributed by atoms with Gasteiger partial charge in [0.05, 0.1) is 16.8 Å². The number of hydrogen-bond donors (Lipinski definition) is 1. The molecule has 1 N–H and O–H groups in total. The topological polar surface area (TPSA) is 58.4 Å². The lowest BCUT2D eigenvalue weighted by molar-refractivity contribution is 0.628. The van der Waals surface area contributed by atoms with Crippen molar-refractivity contribution < 1.29 is 4.39 Å². The molecule has 5 rings (SSSR count). The second kappa shape index (κ2) is 8.39. The molecule has 5 aromatic rings. The maximum atomic E-state index is 13.6. The Morgan fingerprint density at radius 3 is 2.58 bits per heavy atom. The molecule has 8 heteroatoms. The van der Waals surface area contributed by atoms with Crippen LogP contribution in [-0.4, -0.2) is 41.5 Å². The van der Waals surface area contributed by atoms with Crippen molar-refractivity contribution in [3.05, 3.63) is 84.8 Å². The van der Waals surface area contributed by atoms with Crippen LogP contribution in [0.3, 0.4) is 0 Å². The minimum Gasteiger partial charge on any atom is -0.363 e. The van der Waals surface area contributed by atoms with Crippen molar-refractivity contribution in [1.29, 1.82) is 0 Å². The van der Waals surface area contributed by atoms with E-state index in [1.54, 1.807) is 18.3 Å². The normalized spacial score (nSPS) is 11.0. The van der Waals surface area contributed by atoms with Gasteiger partial charge < -0.3 is 10.2 Å². The molecule has 0 aliphatic heterocycles. The lowest BCUT2D eigenvalue weighted by Crippen LogP contribution is -2.13. The van der Waals surface area contributed by atoms with E-state index in [0.29, 0.717) is 11.6 Å². The van der Waals surface area contributed by atoms with Gasteiger partial charge in [0.2, 0.25) is 5.95 Å². The second-order valence-corrected chi connectivity index (χ2v) is 8.07. The highest BCUT2D eigenvalue weighted by Gasteiger charge is 2.20. The van der Waals surface area contributed by atoms with Gasteiger partial charge in [0, 0.05) is 31.5 Å². The summed E-state index contributed by atoms with van der Waals surface area (Å²) in [5.74, 6) is 1.02. The van der Waals surface area contributed by atoms with E-state index in [1.807, 2.05) is 53.8 Å². The zero-order valence-corrected chi connectivity index (χ0v) is 18.6. The molecule has 0 unspecified atom stereocenters. The summed E-state index contributed by atoms with van der Waals surface area (Å²) in [7, 11) is 6.05. The van der Waals surface area contributed by atoms with Crippen LogP contribution >= 0.6 is 0 Å². The number of aromatic nitrogens is 4. The average Bonchev–Trinajstić information content (AvgIpc) is 3.19. The monoisotopic (exact) mass is 436 g/mol. The molecule has 0 bridgehead atoms. The van der Waals surface area contributed by atoms with Gasteiger partial charge in [-0.1, -0.05) is 41.9 Å². The zero-order valence-electron chi connectivity index (χ0n) is 18.6. The van der Waals surface area contributed by atoms with Crippen LogP contribution in [0.2, 0.25) is 0 Å². The number of hydrogen-bond acceptors (Lipinski definition) is 5. The maximum absolute atomic E-state index is 13.6. The van der Waals surface area contributed by atoms with Crippen LogP contribution in [0, 0.1) is 5.82 Å². The summed E-state index contributed by atoms with van der Waals surface area (Å²) in [6.07, 6.45) is 1.70. The molecule has 0 spiro atoms. The minimum atomic E-state index is -0.322. The smallest absolute Gasteiger partial charge is 0.227 e. The van der Waals surface area contributed by atoms with Gasteiger partial charge in [-0.2, -0.15) is 5.10 Å². The third-order valence-corrected chi connectivity index (χ3v) is 5.38. The molecule has 0 saturated carbocycles. The van der Waals surface area contributed by atoms with Gasteiger partial charge >= 0.3 is 0 Å². The molecule has 162 valence electrons. The van der Waals surface area contributed by atoms with E-state index >= 15 is 0 Å². The number of benzene rings is 2. The third-order valence-electron chi connectivity index (χ3n) is 5.38. The average molecular weight is 436 g/mol. The molecular weight excluding hydrogens is 414 g/mol. The molecule has 0 radical (unpaired) electrons. The molecule has 3 heterocycles. The summed E-state index contributed by atoms with van der Waals surface area (Å²) in [5, 5.41) is 8.09. The highest BCUT2D eigenvalue weighted by atomic mass is 19.1. The third kappa shape index (κ3) is 4.03. The van der Waals surface area contributed by atoms with Crippen LogP contribution < -0.4 is 15.7 Å². The second-order valence-electron chi connectivity index (χ2n) is 8.07. The van der Waals surface area contributed by atoms with Crippen LogP contribution in [0.1, 0.15) is 0 Å². The van der Waals surface area contributed by atoms with E-state index in [2.05, 4.69) is 36.3 Å². The minimum absolute atomic E-state index is 0.322. The van der Waals surface area contributed by atoms with Gasteiger partial charge in [-0.15, -0.1) is 0 Å². The van der Waals surface area contributed by atoms with E-state index in [4.69, 9.17) is 10.1 Å². The zero-order chi connectivity index (χ0) is 22.9. The van der Waals surface area contributed by atoms with Crippen molar-refractivity contribution in [3.8, 4) is 22.5 Å². The summed E-state index contributed by atoms with van der Waals surface area (Å²) in [5.41, 5.74) is 6.16. The number of rotatable bonds is 5. The van der Waals surface area contributed by atoms with Gasteiger partial charge in [-0.05, 0) is 36.4 Å². The lowest BCUT2D eigenvalue weighted by Gasteiger charge is -2.13. The molecule has 0 aliphatic carbocycles. The van der Waals surface area contributed by atoms with Crippen LogP contribution in [0.4, 0.5) is 21.8 Å². The van der Waals surface area contributed by atoms with Crippen LogP contribution in [0.25, 0.3) is 28.0 Å². The Hall–Kier alpha value is -4.20. The Morgan fingerprint density at radius 1 is 0.970 bits per heavy atom. The molecule has 0 atom stereocenters. The number of nitrogens with one attached hydrogen (secondary N) is 1. The van der Waals surface area contributed by atoms with Gasteiger partial charge in [-0.25, -0.2) is 18.9 Å². The molecule has 0 saturated heterocycles. The van der Waals surface area contributed by atoms with E-state index in [-0.39, 0.29) is 5.82 Å². The van der Waals surface area contributed by atoms with Crippen LogP contribution in [0.15, 0.2) is 79.0 Å². The van der Waals surface area contributed by atoms with E-state index < -0.39 is 0 Å². The van der Waals surface area contributed by atoms with Crippen LogP contribution in [0.5, 0.6) is 0 Å². The fourth-order valence-corrected chi connectivity index (χ4v) is 3.89. The lowest BCUT2D eigenvalue weighted by atomic mass is 9.92. The van der Waals surface area contributed by atoms with Crippen molar-refractivity contribution in [2.45, 2.75) is 0 Å². The molecule has 33 heavy (non-hydrogen) atoms. The fourth-order valence-electron chi connectivity index (χ4n) is 3.89. The molecule has 0 aliphatic rings. The van der Waals surface area contributed by atoms with E-state index in [0.717, 1.165) is 39.3 Å². The predicted octanol–water partition coefficient (Wildman–Crippen LogP) is 3.67. The summed E-state index contributed by atoms with van der Waals surface area (Å²) >= 11 is 0. The van der Waals surface area contributed by atoms with Crippen molar-refractivity contribution in [1.82, 2.24) is 19.6 Å². The van der Waals surface area contributed by atoms with Crippen LogP contribution in [-0.2, 0) is 0 Å². The van der Waals surface area contributed by atoms with Crippen molar-refractivity contribution in [2.24, 2.45) is 0 Å². The molecule has 0 amide bonds. The Bertz CT molecular complexity index is 1460. The number of anilines is 3. The maximum Gasteiger partial charge on any atom is 0.227 e. The predicted molar refractivity (Wildman–Crippen MR) is 134 cm³/mol. The summed E-state index contributed by atoms with van der Waals surface area (Å²) in [6, 6.07) is 22.5. The van der Waals surface area contributed by atoms with E-state index in [9.17, 15) is 4.39 Å². The first-order valence-electron chi connectivity index (χ1n) is 10.6. The number of nitrogens with zero attached hydrogens (tertiary/aromatic N) is 5. The molecule has 2 aromatic carbocycles. The molecule has 0 fully saturated rings. The fraction of sp³-hybridized carbons (Fsp3) is 0.0800. The summed E-state index contributed by atoms with van der Waals surface area (Å²) < 4.78 is 15.6. The first-order chi connectivity index (χ1) is 16.0. The summed E-state index contributed by atoms with van der Waals surface area (Å²) in [6.45, 7) is 0. The van der Waals surface area contributed by atoms with E-state index in [1.165, 1.54) is 12.1 Å². The highest BCUT2D eigenvalue weighted by Crippen LogP contribution is 2.35. The quantitative estimate of drug-likeness (QED) is 0.426. The van der Waals surface area contributed by atoms with Gasteiger partial charge in [0.15, 0.2) is 0 Å². The first kappa shape index (κ1) is 20.7. The number of halogens is 1. The molecule has 6 nitrogen and oxygen atoms in total. The van der Waals surface area contributed by atoms with Crippen molar-refractivity contribution >= 4 is 36.3 Å². The molecule has 3 aromatic heterocycles. The van der Waals surface area contributed by atoms with Crippen molar-refractivity contribution in [3.63, 3.8) is 0 Å². The van der Waals surface area contributed by atoms with Gasteiger partial charge in [0.1, 0.15) is 25.2 Å². The Kier molecular flexibility index (Phi) is 5.26. The summed E-state index contributed by atoms with van der Waals surface area (Å²) in [4.78, 5) is 11.1. The number of fused-ring (bicyclic) bond motifs is 1. The standard InChI is InChI=1S/C25H22BFN6/c1-32(2)22-11-5-10-21-23(24(31-33(21)22)16-6-3-7-17(26)14-16)20-12-13-28-25(30-20)29-19-9-4-8-18(27)15-19/h3-15H,26H2,1-2H3,(H,28,29,30). The first-order valence-corrected chi connectivity index (χ1v) is 10.6. The molecular formula is C25H22BFN6. The Morgan fingerprint density at radius 2 is 1.79 bits per heavy atom. The van der Waals surface area contributed by atoms with Gasteiger partial charge in [0.25, 0.3) is 0 Å². The largest absolute Gasteiger partial charge is 0.363 e. The SMILES string of the molecule is Bc1cccc(-c2nn3c(N(C)C)cccc3c2-c2ccnc(Nc3cccc(F)c3)n2)c1. The highest BCUT2D eigenvalue weighted by molar-refractivity contribution is 6.32. The number of pyridine rings is 1. The Labute approximate surface area is 192 Å².